The number of carbonyl (C=O) groups is 1. The standard InChI is InChI=1S/C13H15N3O2S/c1-8-6-12(16-18-8)15-13(17)9(2)19-11-5-3-4-10(14)7-11/h3-7,9H,14H2,1-2H3,(H,15,16,17). The Bertz CT molecular complexity index is 583. The third-order valence-electron chi connectivity index (χ3n) is 2.42. The first-order valence-electron chi connectivity index (χ1n) is 5.81. The Hall–Kier alpha value is -1.95. The molecule has 0 radical (unpaired) electrons. The van der Waals surface area contributed by atoms with Crippen molar-refractivity contribution in [2.24, 2.45) is 0 Å². The van der Waals surface area contributed by atoms with E-state index in [1.54, 1.807) is 13.0 Å². The van der Waals surface area contributed by atoms with Gasteiger partial charge in [0.2, 0.25) is 5.91 Å². The second kappa shape index (κ2) is 5.79. The molecular formula is C13H15N3O2S. The van der Waals surface area contributed by atoms with E-state index in [2.05, 4.69) is 10.5 Å². The van der Waals surface area contributed by atoms with Crippen LogP contribution < -0.4 is 11.1 Å². The van der Waals surface area contributed by atoms with Crippen molar-refractivity contribution in [1.29, 1.82) is 0 Å². The van der Waals surface area contributed by atoms with Crippen molar-refractivity contribution in [1.82, 2.24) is 5.16 Å². The number of anilines is 2. The third kappa shape index (κ3) is 3.75. The average Bonchev–Trinajstić information content (AvgIpc) is 2.74. The normalized spacial score (nSPS) is 12.1. The van der Waals surface area contributed by atoms with Gasteiger partial charge in [0.05, 0.1) is 5.25 Å². The van der Waals surface area contributed by atoms with Crippen LogP contribution >= 0.6 is 11.8 Å². The first-order chi connectivity index (χ1) is 9.04. The predicted molar refractivity (Wildman–Crippen MR) is 76.0 cm³/mol. The number of nitrogens with one attached hydrogen (secondary N) is 1. The van der Waals surface area contributed by atoms with E-state index in [0.29, 0.717) is 17.3 Å². The Balaban J connectivity index is 1.96. The maximum absolute atomic E-state index is 12.0. The Morgan fingerprint density at radius 1 is 1.47 bits per heavy atom. The summed E-state index contributed by atoms with van der Waals surface area (Å²) in [6.07, 6.45) is 0. The summed E-state index contributed by atoms with van der Waals surface area (Å²) in [6, 6.07) is 9.12. The van der Waals surface area contributed by atoms with E-state index >= 15 is 0 Å². The Labute approximate surface area is 115 Å². The van der Waals surface area contributed by atoms with Gasteiger partial charge in [0.15, 0.2) is 5.82 Å². The van der Waals surface area contributed by atoms with E-state index in [4.69, 9.17) is 10.3 Å². The Morgan fingerprint density at radius 2 is 2.26 bits per heavy atom. The van der Waals surface area contributed by atoms with Gasteiger partial charge in [-0.25, -0.2) is 0 Å². The zero-order valence-electron chi connectivity index (χ0n) is 10.7. The molecule has 2 aromatic rings. The summed E-state index contributed by atoms with van der Waals surface area (Å²) in [5.41, 5.74) is 6.39. The van der Waals surface area contributed by atoms with Crippen molar-refractivity contribution in [3.05, 3.63) is 36.1 Å². The monoisotopic (exact) mass is 277 g/mol. The van der Waals surface area contributed by atoms with Gasteiger partial charge < -0.3 is 15.6 Å². The Kier molecular flexibility index (Phi) is 4.11. The van der Waals surface area contributed by atoms with Crippen LogP contribution in [0.5, 0.6) is 0 Å². The number of hydrogen-bond donors (Lipinski definition) is 2. The van der Waals surface area contributed by atoms with Crippen LogP contribution in [0.4, 0.5) is 11.5 Å². The average molecular weight is 277 g/mol. The highest BCUT2D eigenvalue weighted by molar-refractivity contribution is 8.00. The van der Waals surface area contributed by atoms with Crippen LogP contribution in [-0.4, -0.2) is 16.3 Å². The summed E-state index contributed by atoms with van der Waals surface area (Å²) in [4.78, 5) is 12.9. The second-order valence-corrected chi connectivity index (χ2v) is 5.56. The van der Waals surface area contributed by atoms with Crippen LogP contribution in [0.25, 0.3) is 0 Å². The molecule has 0 fully saturated rings. The van der Waals surface area contributed by atoms with Gasteiger partial charge in [-0.1, -0.05) is 11.2 Å². The van der Waals surface area contributed by atoms with Gasteiger partial charge in [-0.05, 0) is 32.0 Å². The largest absolute Gasteiger partial charge is 0.399 e. The molecule has 2 rings (SSSR count). The first kappa shape index (κ1) is 13.5. The molecule has 6 heteroatoms. The number of aromatic nitrogens is 1. The minimum absolute atomic E-state index is 0.124. The molecule has 0 saturated carbocycles. The fourth-order valence-electron chi connectivity index (χ4n) is 1.50. The van der Waals surface area contributed by atoms with E-state index in [9.17, 15) is 4.79 Å². The molecule has 1 amide bonds. The summed E-state index contributed by atoms with van der Waals surface area (Å²) in [5, 5.41) is 6.17. The highest BCUT2D eigenvalue weighted by atomic mass is 32.2. The Morgan fingerprint density at radius 3 is 2.89 bits per heavy atom. The summed E-state index contributed by atoms with van der Waals surface area (Å²) < 4.78 is 4.89. The van der Waals surface area contributed by atoms with Crippen molar-refractivity contribution < 1.29 is 9.32 Å². The van der Waals surface area contributed by atoms with Crippen molar-refractivity contribution in [3.63, 3.8) is 0 Å². The quantitative estimate of drug-likeness (QED) is 0.663. The SMILES string of the molecule is Cc1cc(NC(=O)C(C)Sc2cccc(N)c2)no1. The molecule has 0 aliphatic carbocycles. The molecule has 1 atom stereocenters. The van der Waals surface area contributed by atoms with Crippen molar-refractivity contribution in [3.8, 4) is 0 Å². The molecule has 1 aromatic carbocycles. The number of carbonyl (C=O) groups excluding carboxylic acids is 1. The lowest BCUT2D eigenvalue weighted by Crippen LogP contribution is -2.22. The number of aryl methyl sites for hydroxylation is 1. The molecule has 0 saturated heterocycles. The number of nitrogen functional groups attached to an aromatic ring is 1. The lowest BCUT2D eigenvalue weighted by molar-refractivity contribution is -0.115. The maximum atomic E-state index is 12.0. The molecule has 100 valence electrons. The van der Waals surface area contributed by atoms with E-state index in [1.807, 2.05) is 31.2 Å². The van der Waals surface area contributed by atoms with Crippen LogP contribution in [0.3, 0.4) is 0 Å². The zero-order chi connectivity index (χ0) is 13.8. The van der Waals surface area contributed by atoms with Gasteiger partial charge in [0.1, 0.15) is 5.76 Å². The molecular weight excluding hydrogens is 262 g/mol. The maximum Gasteiger partial charge on any atom is 0.238 e. The molecule has 5 nitrogen and oxygen atoms in total. The molecule has 19 heavy (non-hydrogen) atoms. The number of rotatable bonds is 4. The molecule has 1 heterocycles. The number of amides is 1. The summed E-state index contributed by atoms with van der Waals surface area (Å²) in [6.45, 7) is 3.60. The van der Waals surface area contributed by atoms with Gasteiger partial charge >= 0.3 is 0 Å². The lowest BCUT2D eigenvalue weighted by Gasteiger charge is -2.10. The van der Waals surface area contributed by atoms with Gasteiger partial charge in [0, 0.05) is 16.6 Å². The predicted octanol–water partition coefficient (Wildman–Crippen LogP) is 2.68. The molecule has 1 unspecified atom stereocenters. The second-order valence-electron chi connectivity index (χ2n) is 4.14. The number of nitrogens with zero attached hydrogens (tertiary/aromatic N) is 1. The van der Waals surface area contributed by atoms with E-state index in [-0.39, 0.29) is 11.2 Å². The highest BCUT2D eigenvalue weighted by Crippen LogP contribution is 2.25. The van der Waals surface area contributed by atoms with Crippen LogP contribution in [-0.2, 0) is 4.79 Å². The molecule has 1 aromatic heterocycles. The summed E-state index contributed by atoms with van der Waals surface area (Å²) >= 11 is 1.44. The fourth-order valence-corrected chi connectivity index (χ4v) is 2.43. The minimum atomic E-state index is -0.251. The smallest absolute Gasteiger partial charge is 0.238 e. The van der Waals surface area contributed by atoms with Crippen LogP contribution in [0.2, 0.25) is 0 Å². The van der Waals surface area contributed by atoms with E-state index in [0.717, 1.165) is 4.90 Å². The molecule has 0 bridgehead atoms. The van der Waals surface area contributed by atoms with Gasteiger partial charge in [0.25, 0.3) is 0 Å². The zero-order valence-corrected chi connectivity index (χ0v) is 11.5. The molecule has 0 aliphatic rings. The van der Waals surface area contributed by atoms with Gasteiger partial charge in [-0.15, -0.1) is 11.8 Å². The molecule has 0 spiro atoms. The minimum Gasteiger partial charge on any atom is -0.399 e. The number of benzene rings is 1. The van der Waals surface area contributed by atoms with Crippen molar-refractivity contribution >= 4 is 29.2 Å². The van der Waals surface area contributed by atoms with E-state index < -0.39 is 0 Å². The highest BCUT2D eigenvalue weighted by Gasteiger charge is 2.16. The van der Waals surface area contributed by atoms with Crippen molar-refractivity contribution in [2.45, 2.75) is 24.0 Å². The van der Waals surface area contributed by atoms with E-state index in [1.165, 1.54) is 11.8 Å². The number of hydrogen-bond acceptors (Lipinski definition) is 5. The molecule has 3 N–H and O–H groups in total. The van der Waals surface area contributed by atoms with Gasteiger partial charge in [-0.2, -0.15) is 0 Å². The van der Waals surface area contributed by atoms with Crippen LogP contribution in [0, 0.1) is 6.92 Å². The summed E-state index contributed by atoms with van der Waals surface area (Å²) in [7, 11) is 0. The number of nitrogens with two attached hydrogens (primary N) is 1. The van der Waals surface area contributed by atoms with Crippen molar-refractivity contribution in [2.75, 3.05) is 11.1 Å². The fraction of sp³-hybridized carbons (Fsp3) is 0.231. The topological polar surface area (TPSA) is 81.2 Å². The lowest BCUT2D eigenvalue weighted by atomic mass is 10.3. The third-order valence-corrected chi connectivity index (χ3v) is 3.51. The molecule has 0 aliphatic heterocycles. The van der Waals surface area contributed by atoms with Gasteiger partial charge in [-0.3, -0.25) is 4.79 Å². The first-order valence-corrected chi connectivity index (χ1v) is 6.69. The van der Waals surface area contributed by atoms with Crippen LogP contribution in [0.15, 0.2) is 39.8 Å². The number of thioether (sulfide) groups is 1. The van der Waals surface area contributed by atoms with Crippen LogP contribution in [0.1, 0.15) is 12.7 Å². The summed E-state index contributed by atoms with van der Waals surface area (Å²) in [5.74, 6) is 0.967.